The van der Waals surface area contributed by atoms with Gasteiger partial charge in [0.25, 0.3) is 0 Å². The second kappa shape index (κ2) is 5.20. The molecular formula is C15H22N2O3. The van der Waals surface area contributed by atoms with Gasteiger partial charge in [0.05, 0.1) is 11.8 Å². The molecule has 5 nitrogen and oxygen atoms in total. The van der Waals surface area contributed by atoms with Crippen LogP contribution in [0, 0.1) is 12.8 Å². The average Bonchev–Trinajstić information content (AvgIpc) is 2.89. The molecule has 3 unspecified atom stereocenters. The minimum absolute atomic E-state index is 0.0925. The summed E-state index contributed by atoms with van der Waals surface area (Å²) >= 11 is 0. The van der Waals surface area contributed by atoms with E-state index in [9.17, 15) is 9.90 Å². The number of aliphatic hydroxyl groups excluding tert-OH is 1. The van der Waals surface area contributed by atoms with Gasteiger partial charge in [-0.05, 0) is 39.0 Å². The van der Waals surface area contributed by atoms with Gasteiger partial charge in [0.2, 0.25) is 5.91 Å². The molecule has 0 aromatic carbocycles. The fourth-order valence-electron chi connectivity index (χ4n) is 3.35. The number of hydrogen-bond acceptors (Lipinski definition) is 4. The standard InChI is InChI=1S/C15H22N2O3/c1-9-6-13(20-16-9)14(11-4-3-5-11)15(19)17-8-12(18)7-10(17)2/h6,10-12,14,18H,3-5,7-8H2,1-2H3. The Bertz CT molecular complexity index is 495. The number of aliphatic hydroxyl groups is 1. The van der Waals surface area contributed by atoms with Gasteiger partial charge in [-0.2, -0.15) is 0 Å². The molecule has 1 aliphatic carbocycles. The van der Waals surface area contributed by atoms with Crippen LogP contribution in [-0.4, -0.2) is 39.8 Å². The third kappa shape index (κ3) is 2.35. The van der Waals surface area contributed by atoms with Crippen LogP contribution in [0.1, 0.15) is 50.0 Å². The molecule has 1 N–H and O–H groups in total. The minimum Gasteiger partial charge on any atom is -0.391 e. The van der Waals surface area contributed by atoms with Crippen LogP contribution in [0.4, 0.5) is 0 Å². The number of carbonyl (C=O) groups excluding carboxylic acids is 1. The molecule has 1 amide bonds. The van der Waals surface area contributed by atoms with Crippen molar-refractivity contribution >= 4 is 5.91 Å². The Hall–Kier alpha value is -1.36. The number of amides is 1. The van der Waals surface area contributed by atoms with E-state index in [1.807, 2.05) is 24.8 Å². The van der Waals surface area contributed by atoms with Crippen LogP contribution in [0.2, 0.25) is 0 Å². The number of β-amino-alcohol motifs (C(OH)–C–C–N with tert-alkyl or cyclic N) is 1. The molecule has 3 rings (SSSR count). The Morgan fingerprint density at radius 3 is 2.75 bits per heavy atom. The predicted molar refractivity (Wildman–Crippen MR) is 73.1 cm³/mol. The van der Waals surface area contributed by atoms with Crippen LogP contribution in [0.25, 0.3) is 0 Å². The average molecular weight is 278 g/mol. The molecule has 110 valence electrons. The lowest BCUT2D eigenvalue weighted by Crippen LogP contribution is -2.41. The van der Waals surface area contributed by atoms with Gasteiger partial charge >= 0.3 is 0 Å². The fourth-order valence-corrected chi connectivity index (χ4v) is 3.35. The number of aromatic nitrogens is 1. The van der Waals surface area contributed by atoms with Crippen molar-refractivity contribution in [2.24, 2.45) is 5.92 Å². The SMILES string of the molecule is Cc1cc(C(C(=O)N2CC(O)CC2C)C2CCC2)on1. The molecule has 2 aliphatic rings. The summed E-state index contributed by atoms with van der Waals surface area (Å²) in [5, 5.41) is 13.7. The van der Waals surface area contributed by atoms with Crippen LogP contribution in [0.3, 0.4) is 0 Å². The fraction of sp³-hybridized carbons (Fsp3) is 0.733. The number of rotatable bonds is 3. The molecule has 1 aromatic rings. The largest absolute Gasteiger partial charge is 0.391 e. The van der Waals surface area contributed by atoms with E-state index in [1.54, 1.807) is 0 Å². The Morgan fingerprint density at radius 1 is 1.55 bits per heavy atom. The Kier molecular flexibility index (Phi) is 3.54. The summed E-state index contributed by atoms with van der Waals surface area (Å²) in [4.78, 5) is 14.7. The Balaban J connectivity index is 1.83. The lowest BCUT2D eigenvalue weighted by molar-refractivity contribution is -0.136. The predicted octanol–water partition coefficient (Wildman–Crippen LogP) is 1.85. The first-order chi connectivity index (χ1) is 9.56. The smallest absolute Gasteiger partial charge is 0.234 e. The van der Waals surface area contributed by atoms with E-state index in [1.165, 1.54) is 6.42 Å². The van der Waals surface area contributed by atoms with Gasteiger partial charge in [-0.15, -0.1) is 0 Å². The van der Waals surface area contributed by atoms with Gasteiger partial charge in [0.15, 0.2) is 0 Å². The third-order valence-electron chi connectivity index (χ3n) is 4.68. The first kappa shape index (κ1) is 13.6. The van der Waals surface area contributed by atoms with Crippen molar-refractivity contribution < 1.29 is 14.4 Å². The summed E-state index contributed by atoms with van der Waals surface area (Å²) in [6.45, 7) is 4.31. The highest BCUT2D eigenvalue weighted by molar-refractivity contribution is 5.84. The van der Waals surface area contributed by atoms with Crippen molar-refractivity contribution in [1.82, 2.24) is 10.1 Å². The highest BCUT2D eigenvalue weighted by Gasteiger charge is 2.42. The van der Waals surface area contributed by atoms with E-state index in [4.69, 9.17) is 4.52 Å². The van der Waals surface area contributed by atoms with E-state index in [-0.39, 0.29) is 17.9 Å². The number of likely N-dealkylation sites (tertiary alicyclic amines) is 1. The van der Waals surface area contributed by atoms with Crippen molar-refractivity contribution in [3.05, 3.63) is 17.5 Å². The molecule has 0 spiro atoms. The molecule has 0 bridgehead atoms. The molecule has 3 atom stereocenters. The minimum atomic E-state index is -0.396. The number of aryl methyl sites for hydroxylation is 1. The lowest BCUT2D eigenvalue weighted by atomic mass is 9.74. The Morgan fingerprint density at radius 2 is 2.30 bits per heavy atom. The van der Waals surface area contributed by atoms with Crippen molar-refractivity contribution in [2.75, 3.05) is 6.54 Å². The van der Waals surface area contributed by atoms with Crippen molar-refractivity contribution in [2.45, 2.75) is 57.6 Å². The van der Waals surface area contributed by atoms with E-state index in [2.05, 4.69) is 5.16 Å². The monoisotopic (exact) mass is 278 g/mol. The summed E-state index contributed by atoms with van der Waals surface area (Å²) in [7, 11) is 0. The maximum Gasteiger partial charge on any atom is 0.234 e. The Labute approximate surface area is 118 Å². The second-order valence-electron chi connectivity index (χ2n) is 6.27. The lowest BCUT2D eigenvalue weighted by Gasteiger charge is -2.34. The van der Waals surface area contributed by atoms with Crippen LogP contribution < -0.4 is 0 Å². The van der Waals surface area contributed by atoms with Crippen molar-refractivity contribution in [3.63, 3.8) is 0 Å². The first-order valence-corrected chi connectivity index (χ1v) is 7.48. The third-order valence-corrected chi connectivity index (χ3v) is 4.68. The molecule has 2 fully saturated rings. The molecule has 2 heterocycles. The maximum atomic E-state index is 12.9. The van der Waals surface area contributed by atoms with Crippen LogP contribution in [0.5, 0.6) is 0 Å². The second-order valence-corrected chi connectivity index (χ2v) is 6.27. The summed E-state index contributed by atoms with van der Waals surface area (Å²) in [5.41, 5.74) is 0.812. The van der Waals surface area contributed by atoms with Crippen LogP contribution >= 0.6 is 0 Å². The van der Waals surface area contributed by atoms with E-state index >= 15 is 0 Å². The van der Waals surface area contributed by atoms with Gasteiger partial charge in [0.1, 0.15) is 11.7 Å². The summed E-state index contributed by atoms with van der Waals surface area (Å²) in [5.74, 6) is 0.915. The first-order valence-electron chi connectivity index (χ1n) is 7.48. The van der Waals surface area contributed by atoms with Gasteiger partial charge < -0.3 is 14.5 Å². The van der Waals surface area contributed by atoms with E-state index < -0.39 is 6.10 Å². The van der Waals surface area contributed by atoms with Gasteiger partial charge in [-0.3, -0.25) is 4.79 Å². The molecule has 1 aliphatic heterocycles. The summed E-state index contributed by atoms with van der Waals surface area (Å²) < 4.78 is 5.37. The molecule has 0 radical (unpaired) electrons. The summed E-state index contributed by atoms with van der Waals surface area (Å²) in [6.07, 6.45) is 3.59. The topological polar surface area (TPSA) is 66.6 Å². The molecule has 1 aromatic heterocycles. The van der Waals surface area contributed by atoms with Gasteiger partial charge in [-0.1, -0.05) is 11.6 Å². The summed E-state index contributed by atoms with van der Waals surface area (Å²) in [6, 6.07) is 1.97. The molecule has 1 saturated heterocycles. The van der Waals surface area contributed by atoms with Crippen LogP contribution in [-0.2, 0) is 4.79 Å². The zero-order valence-corrected chi connectivity index (χ0v) is 12.1. The maximum absolute atomic E-state index is 12.9. The highest BCUT2D eigenvalue weighted by atomic mass is 16.5. The van der Waals surface area contributed by atoms with Crippen molar-refractivity contribution in [3.8, 4) is 0 Å². The highest BCUT2D eigenvalue weighted by Crippen LogP contribution is 2.41. The zero-order chi connectivity index (χ0) is 14.3. The normalized spacial score (nSPS) is 28.4. The van der Waals surface area contributed by atoms with Crippen LogP contribution in [0.15, 0.2) is 10.6 Å². The van der Waals surface area contributed by atoms with E-state index in [0.29, 0.717) is 24.6 Å². The molecule has 5 heteroatoms. The molecule has 20 heavy (non-hydrogen) atoms. The number of nitrogens with zero attached hydrogens (tertiary/aromatic N) is 2. The number of carbonyl (C=O) groups is 1. The van der Waals surface area contributed by atoms with Crippen molar-refractivity contribution in [1.29, 1.82) is 0 Å². The quantitative estimate of drug-likeness (QED) is 0.916. The van der Waals surface area contributed by atoms with E-state index in [0.717, 1.165) is 18.5 Å². The molecule has 1 saturated carbocycles. The molecular weight excluding hydrogens is 256 g/mol. The number of hydrogen-bond donors (Lipinski definition) is 1. The van der Waals surface area contributed by atoms with Gasteiger partial charge in [-0.25, -0.2) is 0 Å². The van der Waals surface area contributed by atoms with Gasteiger partial charge in [0, 0.05) is 18.7 Å². The zero-order valence-electron chi connectivity index (χ0n) is 12.1.